The molecule has 3 aromatic carbocycles. The van der Waals surface area contributed by atoms with Crippen molar-refractivity contribution in [3.05, 3.63) is 89.5 Å². The topological polar surface area (TPSA) is 86.2 Å². The Morgan fingerprint density at radius 3 is 2.52 bits per heavy atom. The van der Waals surface area contributed by atoms with Gasteiger partial charge in [0.15, 0.2) is 18.1 Å². The Kier molecular flexibility index (Phi) is 7.37. The van der Waals surface area contributed by atoms with Crippen molar-refractivity contribution in [3.63, 3.8) is 0 Å². The maximum absolute atomic E-state index is 12.2. The summed E-state index contributed by atoms with van der Waals surface area (Å²) in [6, 6.07) is 21.0. The molecule has 3 aromatic rings. The monoisotopic (exact) mass is 418 g/mol. The maximum Gasteiger partial charge on any atom is 0.343 e. The van der Waals surface area contributed by atoms with E-state index >= 15 is 0 Å². The Balaban J connectivity index is 1.55. The molecule has 0 atom stereocenters. The molecule has 0 aliphatic rings. The van der Waals surface area contributed by atoms with Gasteiger partial charge in [-0.25, -0.2) is 10.2 Å². The molecule has 3 rings (SSSR count). The first kappa shape index (κ1) is 21.6. The van der Waals surface area contributed by atoms with Crippen molar-refractivity contribution in [2.24, 2.45) is 5.10 Å². The Hall–Kier alpha value is -4.13. The van der Waals surface area contributed by atoms with Crippen LogP contribution >= 0.6 is 0 Å². The second kappa shape index (κ2) is 10.6. The van der Waals surface area contributed by atoms with Gasteiger partial charge in [-0.3, -0.25) is 4.79 Å². The second-order valence-corrected chi connectivity index (χ2v) is 6.56. The number of carbonyl (C=O) groups is 2. The van der Waals surface area contributed by atoms with Crippen LogP contribution in [0.25, 0.3) is 0 Å². The predicted molar refractivity (Wildman–Crippen MR) is 117 cm³/mol. The second-order valence-electron chi connectivity index (χ2n) is 6.56. The van der Waals surface area contributed by atoms with E-state index in [-0.39, 0.29) is 12.4 Å². The third-order valence-electron chi connectivity index (χ3n) is 4.16. The lowest BCUT2D eigenvalue weighted by Crippen LogP contribution is -2.24. The summed E-state index contributed by atoms with van der Waals surface area (Å²) in [5.41, 5.74) is 4.53. The van der Waals surface area contributed by atoms with Gasteiger partial charge in [-0.15, -0.1) is 0 Å². The van der Waals surface area contributed by atoms with Gasteiger partial charge in [0.25, 0.3) is 5.91 Å². The van der Waals surface area contributed by atoms with E-state index < -0.39 is 11.9 Å². The summed E-state index contributed by atoms with van der Waals surface area (Å²) in [6.07, 6.45) is 1.45. The first-order valence-corrected chi connectivity index (χ1v) is 9.52. The summed E-state index contributed by atoms with van der Waals surface area (Å²) in [6.45, 7) is 1.79. The third-order valence-corrected chi connectivity index (χ3v) is 4.16. The molecule has 31 heavy (non-hydrogen) atoms. The van der Waals surface area contributed by atoms with Crippen LogP contribution in [0.4, 0.5) is 0 Å². The fourth-order valence-corrected chi connectivity index (χ4v) is 2.65. The van der Waals surface area contributed by atoms with Crippen LogP contribution in [0.2, 0.25) is 0 Å². The van der Waals surface area contributed by atoms with Crippen molar-refractivity contribution in [2.75, 3.05) is 13.7 Å². The molecule has 0 saturated heterocycles. The SMILES string of the molecule is COc1cc(C=NNC(=O)COc2cccc(C)c2)ccc1OC(=O)c1ccccc1. The van der Waals surface area contributed by atoms with Crippen LogP contribution in [-0.4, -0.2) is 31.8 Å². The van der Waals surface area contributed by atoms with Gasteiger partial charge in [-0.05, 0) is 60.5 Å². The number of carbonyl (C=O) groups excluding carboxylic acids is 2. The minimum atomic E-state index is -0.485. The van der Waals surface area contributed by atoms with E-state index in [2.05, 4.69) is 10.5 Å². The number of hydrogen-bond acceptors (Lipinski definition) is 6. The fourth-order valence-electron chi connectivity index (χ4n) is 2.65. The summed E-state index contributed by atoms with van der Waals surface area (Å²) in [4.78, 5) is 24.1. The van der Waals surface area contributed by atoms with E-state index in [0.29, 0.717) is 22.6 Å². The van der Waals surface area contributed by atoms with E-state index in [0.717, 1.165) is 5.56 Å². The van der Waals surface area contributed by atoms with Gasteiger partial charge in [-0.2, -0.15) is 5.10 Å². The molecule has 0 aliphatic carbocycles. The zero-order valence-corrected chi connectivity index (χ0v) is 17.2. The largest absolute Gasteiger partial charge is 0.493 e. The van der Waals surface area contributed by atoms with Crippen LogP contribution in [0.5, 0.6) is 17.2 Å². The number of hydrazone groups is 1. The van der Waals surface area contributed by atoms with Gasteiger partial charge < -0.3 is 14.2 Å². The number of nitrogens with one attached hydrogen (secondary N) is 1. The van der Waals surface area contributed by atoms with Crippen molar-refractivity contribution in [3.8, 4) is 17.2 Å². The van der Waals surface area contributed by atoms with Gasteiger partial charge in [-0.1, -0.05) is 30.3 Å². The number of hydrogen-bond donors (Lipinski definition) is 1. The summed E-state index contributed by atoms with van der Waals surface area (Å²) in [7, 11) is 1.47. The average Bonchev–Trinajstić information content (AvgIpc) is 2.79. The zero-order valence-electron chi connectivity index (χ0n) is 17.2. The molecule has 1 N–H and O–H groups in total. The molecule has 0 unspecified atom stereocenters. The standard InChI is InChI=1S/C24H22N2O5/c1-17-7-6-10-20(13-17)30-16-23(27)26-25-15-18-11-12-21(22(14-18)29-2)31-24(28)19-8-4-3-5-9-19/h3-15H,16H2,1-2H3,(H,26,27). The number of nitrogens with zero attached hydrogens (tertiary/aromatic N) is 1. The molecule has 7 heteroatoms. The number of ether oxygens (including phenoxy) is 3. The predicted octanol–water partition coefficient (Wildman–Crippen LogP) is 3.75. The molecule has 7 nitrogen and oxygen atoms in total. The van der Waals surface area contributed by atoms with Crippen LogP contribution in [0.3, 0.4) is 0 Å². The van der Waals surface area contributed by atoms with Crippen LogP contribution in [0.1, 0.15) is 21.5 Å². The lowest BCUT2D eigenvalue weighted by molar-refractivity contribution is -0.123. The Labute approximate surface area is 180 Å². The molecule has 0 radical (unpaired) electrons. The number of amides is 1. The number of rotatable bonds is 8. The highest BCUT2D eigenvalue weighted by molar-refractivity contribution is 5.91. The van der Waals surface area contributed by atoms with Crippen molar-refractivity contribution in [1.82, 2.24) is 5.43 Å². The first-order chi connectivity index (χ1) is 15.0. The van der Waals surface area contributed by atoms with E-state index in [1.165, 1.54) is 13.3 Å². The third kappa shape index (κ3) is 6.43. The highest BCUT2D eigenvalue weighted by atomic mass is 16.6. The van der Waals surface area contributed by atoms with E-state index in [1.807, 2.05) is 31.2 Å². The number of aryl methyl sites for hydroxylation is 1. The molecule has 0 bridgehead atoms. The lowest BCUT2D eigenvalue weighted by atomic mass is 10.2. The molecule has 0 fully saturated rings. The number of benzene rings is 3. The highest BCUT2D eigenvalue weighted by Crippen LogP contribution is 2.28. The number of methoxy groups -OCH3 is 1. The molecular formula is C24H22N2O5. The van der Waals surface area contributed by atoms with Gasteiger partial charge in [0.05, 0.1) is 18.9 Å². The summed E-state index contributed by atoms with van der Waals surface area (Å²) >= 11 is 0. The van der Waals surface area contributed by atoms with Gasteiger partial charge in [0.2, 0.25) is 0 Å². The Morgan fingerprint density at radius 1 is 0.968 bits per heavy atom. The lowest BCUT2D eigenvalue weighted by Gasteiger charge is -2.10. The molecule has 0 aliphatic heterocycles. The molecule has 158 valence electrons. The maximum atomic E-state index is 12.2. The average molecular weight is 418 g/mol. The van der Waals surface area contributed by atoms with E-state index in [4.69, 9.17) is 14.2 Å². The molecule has 0 heterocycles. The first-order valence-electron chi connectivity index (χ1n) is 9.52. The van der Waals surface area contributed by atoms with Crippen LogP contribution in [0, 0.1) is 6.92 Å². The molecule has 0 saturated carbocycles. The minimum Gasteiger partial charge on any atom is -0.493 e. The van der Waals surface area contributed by atoms with Crippen LogP contribution in [0.15, 0.2) is 77.9 Å². The molecule has 0 spiro atoms. The molecule has 0 aromatic heterocycles. The molecular weight excluding hydrogens is 396 g/mol. The summed E-state index contributed by atoms with van der Waals surface area (Å²) < 4.78 is 16.1. The zero-order chi connectivity index (χ0) is 22.1. The highest BCUT2D eigenvalue weighted by Gasteiger charge is 2.12. The van der Waals surface area contributed by atoms with E-state index in [1.54, 1.807) is 48.5 Å². The van der Waals surface area contributed by atoms with Crippen molar-refractivity contribution >= 4 is 18.1 Å². The molecule has 1 amide bonds. The normalized spacial score (nSPS) is 10.5. The summed E-state index contributed by atoms with van der Waals surface area (Å²) in [5.74, 6) is 0.384. The Bertz CT molecular complexity index is 1080. The van der Waals surface area contributed by atoms with Crippen molar-refractivity contribution in [1.29, 1.82) is 0 Å². The smallest absolute Gasteiger partial charge is 0.343 e. The van der Waals surface area contributed by atoms with Crippen molar-refractivity contribution < 1.29 is 23.8 Å². The van der Waals surface area contributed by atoms with Crippen LogP contribution < -0.4 is 19.6 Å². The number of esters is 1. The van der Waals surface area contributed by atoms with Gasteiger partial charge in [0, 0.05) is 0 Å². The van der Waals surface area contributed by atoms with Gasteiger partial charge >= 0.3 is 5.97 Å². The minimum absolute atomic E-state index is 0.154. The summed E-state index contributed by atoms with van der Waals surface area (Å²) in [5, 5.41) is 3.92. The van der Waals surface area contributed by atoms with E-state index in [9.17, 15) is 9.59 Å². The van der Waals surface area contributed by atoms with Gasteiger partial charge in [0.1, 0.15) is 5.75 Å². The van der Waals surface area contributed by atoms with Crippen molar-refractivity contribution in [2.45, 2.75) is 6.92 Å². The van der Waals surface area contributed by atoms with Crippen LogP contribution in [-0.2, 0) is 4.79 Å². The fraction of sp³-hybridized carbons (Fsp3) is 0.125. The Morgan fingerprint density at radius 2 is 1.77 bits per heavy atom. The quantitative estimate of drug-likeness (QED) is 0.261.